The first-order valence-electron chi connectivity index (χ1n) is 9.15. The summed E-state index contributed by atoms with van der Waals surface area (Å²) in [6, 6.07) is 5.06. The fraction of sp³-hybridized carbons (Fsp3) is 0.500. The number of allylic oxidation sites excluding steroid dienone is 2. The lowest BCUT2D eigenvalue weighted by atomic mass is 9.85. The minimum atomic E-state index is -0.192. The van der Waals surface area contributed by atoms with Crippen molar-refractivity contribution in [2.45, 2.75) is 26.8 Å². The number of fused-ring (bicyclic) bond motifs is 5. The molecule has 1 heterocycles. The molecule has 25 heavy (non-hydrogen) atoms. The highest BCUT2D eigenvalue weighted by Gasteiger charge is 2.59. The maximum Gasteiger partial charge on any atom is 0.238 e. The fourth-order valence-electron chi connectivity index (χ4n) is 4.68. The lowest BCUT2D eigenvalue weighted by Gasteiger charge is -2.21. The Hall–Kier alpha value is -2.14. The second-order valence-electron chi connectivity index (χ2n) is 7.29. The number of hydrogen-bond acceptors (Lipinski definition) is 4. The number of rotatable bonds is 5. The predicted octanol–water partition coefficient (Wildman–Crippen LogP) is 2.55. The molecule has 4 atom stereocenters. The Morgan fingerprint density at radius 2 is 1.68 bits per heavy atom. The Kier molecular flexibility index (Phi) is 3.91. The van der Waals surface area contributed by atoms with Gasteiger partial charge in [-0.2, -0.15) is 0 Å². The van der Waals surface area contributed by atoms with Crippen molar-refractivity contribution in [2.24, 2.45) is 23.7 Å². The molecule has 1 aromatic rings. The maximum atomic E-state index is 12.9. The van der Waals surface area contributed by atoms with E-state index >= 15 is 0 Å². The molecule has 5 nitrogen and oxygen atoms in total. The number of amides is 2. The highest BCUT2D eigenvalue weighted by molar-refractivity contribution is 6.22. The lowest BCUT2D eigenvalue weighted by Crippen LogP contribution is -2.33. The quantitative estimate of drug-likeness (QED) is 0.661. The Morgan fingerprint density at radius 1 is 1.08 bits per heavy atom. The van der Waals surface area contributed by atoms with Gasteiger partial charge in [0.25, 0.3) is 0 Å². The molecule has 1 N–H and O–H groups in total. The van der Waals surface area contributed by atoms with E-state index in [-0.39, 0.29) is 41.2 Å². The number of aromatic hydroxyl groups is 1. The van der Waals surface area contributed by atoms with Gasteiger partial charge in [-0.05, 0) is 49.5 Å². The van der Waals surface area contributed by atoms with Gasteiger partial charge in [0.05, 0.1) is 17.5 Å². The van der Waals surface area contributed by atoms with Gasteiger partial charge in [-0.1, -0.05) is 26.0 Å². The largest absolute Gasteiger partial charge is 0.508 e. The van der Waals surface area contributed by atoms with Crippen LogP contribution in [0.1, 0.15) is 25.8 Å². The minimum absolute atomic E-state index is 0.0775. The number of phenols is 1. The van der Waals surface area contributed by atoms with Crippen LogP contribution in [0.2, 0.25) is 0 Å². The highest BCUT2D eigenvalue weighted by Crippen LogP contribution is 2.53. The zero-order chi connectivity index (χ0) is 17.7. The lowest BCUT2D eigenvalue weighted by molar-refractivity contribution is -0.123. The van der Waals surface area contributed by atoms with Crippen molar-refractivity contribution in [3.05, 3.63) is 35.9 Å². The average molecular weight is 340 g/mol. The Bertz CT molecular complexity index is 723. The van der Waals surface area contributed by atoms with Crippen LogP contribution in [0, 0.1) is 23.7 Å². The summed E-state index contributed by atoms with van der Waals surface area (Å²) in [6.07, 6.45) is 5.13. The summed E-state index contributed by atoms with van der Waals surface area (Å²) in [5, 5.41) is 10.2. The number of anilines is 1. The van der Waals surface area contributed by atoms with Gasteiger partial charge in [-0.3, -0.25) is 19.4 Å². The van der Waals surface area contributed by atoms with Crippen LogP contribution >= 0.6 is 0 Å². The van der Waals surface area contributed by atoms with E-state index in [2.05, 4.69) is 30.9 Å². The number of carbonyl (C=O) groups excluding carboxylic acids is 2. The van der Waals surface area contributed by atoms with Crippen LogP contribution in [0.25, 0.3) is 0 Å². The molecule has 1 aliphatic heterocycles. The van der Waals surface area contributed by atoms with E-state index in [9.17, 15) is 14.7 Å². The highest BCUT2D eigenvalue weighted by atomic mass is 16.3. The van der Waals surface area contributed by atoms with Crippen LogP contribution < -0.4 is 4.90 Å². The third-order valence-electron chi connectivity index (χ3n) is 6.08. The van der Waals surface area contributed by atoms with Crippen molar-refractivity contribution < 1.29 is 14.7 Å². The smallest absolute Gasteiger partial charge is 0.238 e. The van der Waals surface area contributed by atoms with E-state index in [0.717, 1.165) is 25.1 Å². The van der Waals surface area contributed by atoms with Gasteiger partial charge in [0.1, 0.15) is 5.75 Å². The molecule has 0 radical (unpaired) electrons. The number of hydrogen-bond donors (Lipinski definition) is 1. The van der Waals surface area contributed by atoms with E-state index in [0.29, 0.717) is 12.2 Å². The van der Waals surface area contributed by atoms with Crippen LogP contribution in [0.4, 0.5) is 5.69 Å². The normalized spacial score (nSPS) is 30.0. The predicted molar refractivity (Wildman–Crippen MR) is 94.9 cm³/mol. The zero-order valence-electron chi connectivity index (χ0n) is 14.7. The summed E-state index contributed by atoms with van der Waals surface area (Å²) in [5.41, 5.74) is 1.34. The molecule has 5 heteroatoms. The molecule has 0 aromatic heterocycles. The summed E-state index contributed by atoms with van der Waals surface area (Å²) < 4.78 is 0. The third kappa shape index (κ3) is 2.41. The third-order valence-corrected chi connectivity index (χ3v) is 6.08. The summed E-state index contributed by atoms with van der Waals surface area (Å²) >= 11 is 0. The van der Waals surface area contributed by atoms with Crippen LogP contribution in [-0.4, -0.2) is 34.9 Å². The minimum Gasteiger partial charge on any atom is -0.508 e. The van der Waals surface area contributed by atoms with Crippen molar-refractivity contribution in [3.8, 4) is 5.75 Å². The van der Waals surface area contributed by atoms with Crippen LogP contribution in [0.5, 0.6) is 5.75 Å². The van der Waals surface area contributed by atoms with Crippen molar-refractivity contribution in [1.82, 2.24) is 4.90 Å². The second-order valence-corrected chi connectivity index (χ2v) is 7.29. The van der Waals surface area contributed by atoms with Crippen molar-refractivity contribution in [3.63, 3.8) is 0 Å². The van der Waals surface area contributed by atoms with Gasteiger partial charge in [0.15, 0.2) is 0 Å². The molecular weight excluding hydrogens is 316 g/mol. The molecule has 2 fully saturated rings. The van der Waals surface area contributed by atoms with E-state index in [4.69, 9.17) is 0 Å². The Labute approximate surface area is 147 Å². The van der Waals surface area contributed by atoms with E-state index < -0.39 is 0 Å². The molecule has 2 aliphatic carbocycles. The molecule has 4 rings (SSSR count). The summed E-state index contributed by atoms with van der Waals surface area (Å²) in [7, 11) is 0. The Balaban J connectivity index is 1.64. The van der Waals surface area contributed by atoms with Crippen LogP contribution in [-0.2, 0) is 16.1 Å². The fourth-order valence-corrected chi connectivity index (χ4v) is 4.68. The van der Waals surface area contributed by atoms with E-state index in [1.807, 2.05) is 0 Å². The number of phenolic OH excluding ortho intramolecular Hbond substituents is 1. The Morgan fingerprint density at radius 3 is 2.24 bits per heavy atom. The molecule has 132 valence electrons. The molecule has 1 aromatic carbocycles. The summed E-state index contributed by atoms with van der Waals surface area (Å²) in [5.74, 6) is 0.0897. The molecule has 2 amide bonds. The summed E-state index contributed by atoms with van der Waals surface area (Å²) in [4.78, 5) is 29.4. The topological polar surface area (TPSA) is 60.9 Å². The standard InChI is InChI=1S/C20H24N2O3/c1-3-21(4-2)11-14-10-15(7-8-16(14)23)22-19(24)17-12-5-6-13(9-12)18(17)20(22)25/h5-8,10,12-13,17-18,23H,3-4,9,11H2,1-2H3/t12-,13+,17-,18+. The van der Waals surface area contributed by atoms with Crippen molar-refractivity contribution >= 4 is 17.5 Å². The van der Waals surface area contributed by atoms with Gasteiger partial charge in [-0.25, -0.2) is 0 Å². The number of nitrogens with zero attached hydrogens (tertiary/aromatic N) is 2. The molecular formula is C20H24N2O3. The van der Waals surface area contributed by atoms with Crippen LogP contribution in [0.3, 0.4) is 0 Å². The summed E-state index contributed by atoms with van der Waals surface area (Å²) in [6.45, 7) is 6.49. The molecule has 3 aliphatic rings. The van der Waals surface area contributed by atoms with Gasteiger partial charge in [-0.15, -0.1) is 0 Å². The zero-order valence-corrected chi connectivity index (χ0v) is 14.7. The number of benzene rings is 1. The van der Waals surface area contributed by atoms with Gasteiger partial charge in [0.2, 0.25) is 11.8 Å². The van der Waals surface area contributed by atoms with Gasteiger partial charge in [0, 0.05) is 12.1 Å². The van der Waals surface area contributed by atoms with E-state index in [1.165, 1.54) is 4.90 Å². The monoisotopic (exact) mass is 340 g/mol. The number of imide groups is 1. The molecule has 1 saturated heterocycles. The average Bonchev–Trinajstić information content (AvgIpc) is 3.28. The first-order chi connectivity index (χ1) is 12.0. The first kappa shape index (κ1) is 16.3. The molecule has 0 spiro atoms. The SMILES string of the molecule is CCN(CC)Cc1cc(N2C(=O)[C@@H]3[C@H](C2=O)[C@@H]2C=C[C@H]3C2)ccc1O. The molecule has 2 bridgehead atoms. The maximum absolute atomic E-state index is 12.9. The van der Waals surface area contributed by atoms with Gasteiger partial charge < -0.3 is 5.11 Å². The first-order valence-corrected chi connectivity index (χ1v) is 9.15. The molecule has 1 saturated carbocycles. The number of carbonyl (C=O) groups is 2. The molecule has 0 unspecified atom stereocenters. The van der Waals surface area contributed by atoms with Crippen LogP contribution in [0.15, 0.2) is 30.4 Å². The van der Waals surface area contributed by atoms with E-state index in [1.54, 1.807) is 18.2 Å². The van der Waals surface area contributed by atoms with Crippen molar-refractivity contribution in [2.75, 3.05) is 18.0 Å². The van der Waals surface area contributed by atoms with Crippen molar-refractivity contribution in [1.29, 1.82) is 0 Å². The van der Waals surface area contributed by atoms with Gasteiger partial charge >= 0.3 is 0 Å². The second kappa shape index (κ2) is 5.99.